The van der Waals surface area contributed by atoms with Gasteiger partial charge in [0, 0.05) is 22.7 Å². The second kappa shape index (κ2) is 8.07. The minimum Gasteiger partial charge on any atom is -0.457 e. The predicted molar refractivity (Wildman–Crippen MR) is 105 cm³/mol. The van der Waals surface area contributed by atoms with E-state index >= 15 is 0 Å². The summed E-state index contributed by atoms with van der Waals surface area (Å²) in [5, 5.41) is 3.50. The van der Waals surface area contributed by atoms with Gasteiger partial charge in [0.15, 0.2) is 0 Å². The van der Waals surface area contributed by atoms with Crippen molar-refractivity contribution in [3.05, 3.63) is 94.0 Å². The van der Waals surface area contributed by atoms with Crippen molar-refractivity contribution in [2.75, 3.05) is 0 Å². The van der Waals surface area contributed by atoms with E-state index in [-0.39, 0.29) is 12.5 Å². The third-order valence-electron chi connectivity index (χ3n) is 4.32. The topological polar surface area (TPSA) is 38.3 Å². The normalized spacial score (nSPS) is 10.4. The number of amides is 1. The zero-order chi connectivity index (χ0) is 18.5. The van der Waals surface area contributed by atoms with Crippen molar-refractivity contribution in [3.8, 4) is 11.5 Å². The molecule has 3 nitrogen and oxygen atoms in total. The molecule has 0 heterocycles. The molecule has 0 unspecified atom stereocenters. The molecule has 0 spiro atoms. The van der Waals surface area contributed by atoms with Crippen LogP contribution in [-0.2, 0) is 6.54 Å². The molecule has 0 aliphatic carbocycles. The first kappa shape index (κ1) is 18.0. The van der Waals surface area contributed by atoms with Gasteiger partial charge < -0.3 is 10.1 Å². The molecule has 3 aromatic carbocycles. The quantitative estimate of drug-likeness (QED) is 0.631. The van der Waals surface area contributed by atoms with Gasteiger partial charge in [-0.1, -0.05) is 48.0 Å². The van der Waals surface area contributed by atoms with Crippen LogP contribution in [-0.4, -0.2) is 5.91 Å². The average Bonchev–Trinajstić information content (AvgIpc) is 2.64. The van der Waals surface area contributed by atoms with E-state index in [0.717, 1.165) is 22.4 Å². The number of benzene rings is 3. The summed E-state index contributed by atoms with van der Waals surface area (Å²) >= 11 is 6.35. The van der Waals surface area contributed by atoms with Crippen molar-refractivity contribution in [3.63, 3.8) is 0 Å². The number of hydrogen-bond acceptors (Lipinski definition) is 2. The monoisotopic (exact) mass is 365 g/mol. The van der Waals surface area contributed by atoms with Crippen molar-refractivity contribution in [1.82, 2.24) is 5.32 Å². The molecule has 0 aromatic heterocycles. The molecular weight excluding hydrogens is 346 g/mol. The maximum Gasteiger partial charge on any atom is 0.251 e. The van der Waals surface area contributed by atoms with Gasteiger partial charge in [-0.2, -0.15) is 0 Å². The minimum absolute atomic E-state index is 0.128. The van der Waals surface area contributed by atoms with Gasteiger partial charge >= 0.3 is 0 Å². The molecule has 1 N–H and O–H groups in total. The molecule has 1 amide bonds. The Kier molecular flexibility index (Phi) is 5.59. The van der Waals surface area contributed by atoms with Gasteiger partial charge in [-0.05, 0) is 55.3 Å². The molecular formula is C22H20ClNO2. The van der Waals surface area contributed by atoms with Gasteiger partial charge in [-0.3, -0.25) is 4.79 Å². The fourth-order valence-corrected chi connectivity index (χ4v) is 2.92. The van der Waals surface area contributed by atoms with E-state index in [1.54, 1.807) is 6.07 Å². The number of carbonyl (C=O) groups is 1. The van der Waals surface area contributed by atoms with Crippen LogP contribution in [0.2, 0.25) is 5.02 Å². The first-order chi connectivity index (χ1) is 12.6. The van der Waals surface area contributed by atoms with Crippen LogP contribution in [0.15, 0.2) is 66.7 Å². The number of halogens is 1. The molecule has 132 valence electrons. The van der Waals surface area contributed by atoms with E-state index in [1.807, 2.05) is 74.5 Å². The molecule has 0 saturated heterocycles. The largest absolute Gasteiger partial charge is 0.457 e. The van der Waals surface area contributed by atoms with Crippen LogP contribution in [0, 0.1) is 13.8 Å². The number of nitrogens with one attached hydrogen (secondary N) is 1. The highest BCUT2D eigenvalue weighted by Gasteiger charge is 2.13. The number of aryl methyl sites for hydroxylation is 1. The molecule has 0 aliphatic heterocycles. The summed E-state index contributed by atoms with van der Waals surface area (Å²) in [6.07, 6.45) is 0. The summed E-state index contributed by atoms with van der Waals surface area (Å²) in [5.74, 6) is 1.22. The summed E-state index contributed by atoms with van der Waals surface area (Å²) in [6, 6.07) is 20.7. The van der Waals surface area contributed by atoms with E-state index in [4.69, 9.17) is 16.3 Å². The Hall–Kier alpha value is -2.78. The SMILES string of the molecule is Cc1cccc(C(=O)NCc2c(Cl)cccc2Oc2ccccc2)c1C. The highest BCUT2D eigenvalue weighted by Crippen LogP contribution is 2.30. The van der Waals surface area contributed by atoms with Crippen molar-refractivity contribution in [2.45, 2.75) is 20.4 Å². The second-order valence-corrected chi connectivity index (χ2v) is 6.47. The van der Waals surface area contributed by atoms with E-state index in [9.17, 15) is 4.79 Å². The molecule has 3 aromatic rings. The van der Waals surface area contributed by atoms with E-state index in [0.29, 0.717) is 16.3 Å². The molecule has 3 rings (SSSR count). The highest BCUT2D eigenvalue weighted by atomic mass is 35.5. The van der Waals surface area contributed by atoms with Crippen LogP contribution >= 0.6 is 11.6 Å². The Balaban J connectivity index is 1.79. The van der Waals surface area contributed by atoms with Gasteiger partial charge in [-0.25, -0.2) is 0 Å². The van der Waals surface area contributed by atoms with E-state index in [1.165, 1.54) is 0 Å². The number of carbonyl (C=O) groups excluding carboxylic acids is 1. The third-order valence-corrected chi connectivity index (χ3v) is 4.68. The zero-order valence-corrected chi connectivity index (χ0v) is 15.5. The lowest BCUT2D eigenvalue weighted by Crippen LogP contribution is -2.24. The number of ether oxygens (including phenoxy) is 1. The Labute approximate surface area is 158 Å². The van der Waals surface area contributed by atoms with Gasteiger partial charge in [0.25, 0.3) is 5.91 Å². The van der Waals surface area contributed by atoms with Gasteiger partial charge in [0.2, 0.25) is 0 Å². The fraction of sp³-hybridized carbons (Fsp3) is 0.136. The first-order valence-corrected chi connectivity index (χ1v) is 8.79. The fourth-order valence-electron chi connectivity index (χ4n) is 2.68. The third kappa shape index (κ3) is 4.06. The highest BCUT2D eigenvalue weighted by molar-refractivity contribution is 6.31. The number of rotatable bonds is 5. The van der Waals surface area contributed by atoms with Crippen LogP contribution < -0.4 is 10.1 Å². The Morgan fingerprint density at radius 2 is 1.69 bits per heavy atom. The summed E-state index contributed by atoms with van der Waals surface area (Å²) < 4.78 is 5.94. The smallest absolute Gasteiger partial charge is 0.251 e. The van der Waals surface area contributed by atoms with E-state index < -0.39 is 0 Å². The van der Waals surface area contributed by atoms with Crippen LogP contribution in [0.1, 0.15) is 27.0 Å². The second-order valence-electron chi connectivity index (χ2n) is 6.06. The molecule has 0 atom stereocenters. The predicted octanol–water partition coefficient (Wildman–Crippen LogP) is 5.68. The number of para-hydroxylation sites is 1. The first-order valence-electron chi connectivity index (χ1n) is 8.41. The summed E-state index contributed by atoms with van der Waals surface area (Å²) in [7, 11) is 0. The lowest BCUT2D eigenvalue weighted by atomic mass is 10.0. The summed E-state index contributed by atoms with van der Waals surface area (Å²) in [6.45, 7) is 4.23. The standard InChI is InChI=1S/C22H20ClNO2/c1-15-8-6-11-18(16(15)2)22(25)24-14-19-20(23)12-7-13-21(19)26-17-9-4-3-5-10-17/h3-13H,14H2,1-2H3,(H,24,25). The molecule has 0 radical (unpaired) electrons. The van der Waals surface area contributed by atoms with Crippen LogP contribution in [0.5, 0.6) is 11.5 Å². The molecule has 0 saturated carbocycles. The number of hydrogen-bond donors (Lipinski definition) is 1. The molecule has 26 heavy (non-hydrogen) atoms. The lowest BCUT2D eigenvalue weighted by Gasteiger charge is -2.14. The van der Waals surface area contributed by atoms with Crippen molar-refractivity contribution in [1.29, 1.82) is 0 Å². The van der Waals surface area contributed by atoms with Crippen molar-refractivity contribution < 1.29 is 9.53 Å². The Morgan fingerprint density at radius 3 is 2.46 bits per heavy atom. The zero-order valence-electron chi connectivity index (χ0n) is 14.8. The minimum atomic E-state index is -0.128. The van der Waals surface area contributed by atoms with Crippen LogP contribution in [0.3, 0.4) is 0 Å². The van der Waals surface area contributed by atoms with Gasteiger partial charge in [0.1, 0.15) is 11.5 Å². The maximum atomic E-state index is 12.6. The molecule has 0 bridgehead atoms. The Morgan fingerprint density at radius 1 is 0.962 bits per heavy atom. The maximum absolute atomic E-state index is 12.6. The van der Waals surface area contributed by atoms with Crippen LogP contribution in [0.4, 0.5) is 0 Å². The van der Waals surface area contributed by atoms with Gasteiger partial charge in [0.05, 0.1) is 0 Å². The summed E-state index contributed by atoms with van der Waals surface area (Å²) in [4.78, 5) is 12.6. The lowest BCUT2D eigenvalue weighted by molar-refractivity contribution is 0.0950. The summed E-state index contributed by atoms with van der Waals surface area (Å²) in [5.41, 5.74) is 3.48. The van der Waals surface area contributed by atoms with Crippen LogP contribution in [0.25, 0.3) is 0 Å². The molecule has 4 heteroatoms. The van der Waals surface area contributed by atoms with Crippen molar-refractivity contribution >= 4 is 17.5 Å². The Bertz CT molecular complexity index is 923. The van der Waals surface area contributed by atoms with E-state index in [2.05, 4.69) is 5.32 Å². The molecule has 0 aliphatic rings. The molecule has 0 fully saturated rings. The van der Waals surface area contributed by atoms with Crippen molar-refractivity contribution in [2.24, 2.45) is 0 Å². The van der Waals surface area contributed by atoms with Gasteiger partial charge in [-0.15, -0.1) is 0 Å². The average molecular weight is 366 g/mol.